The van der Waals surface area contributed by atoms with Gasteiger partial charge < -0.3 is 15.2 Å². The lowest BCUT2D eigenvalue weighted by Gasteiger charge is -2.45. The highest BCUT2D eigenvalue weighted by Crippen LogP contribution is 2.34. The van der Waals surface area contributed by atoms with Crippen LogP contribution in [0.3, 0.4) is 0 Å². The van der Waals surface area contributed by atoms with Crippen molar-refractivity contribution >= 4 is 0 Å². The zero-order chi connectivity index (χ0) is 15.6. The van der Waals surface area contributed by atoms with Crippen LogP contribution in [-0.2, 0) is 9.47 Å². The normalized spacial score (nSPS) is 15.6. The second kappa shape index (κ2) is 9.75. The first-order chi connectivity index (χ1) is 9.35. The SMILES string of the molecule is CCCCCCCCC(N)(CC(C)C)C(C)(OC)OC. The largest absolute Gasteiger partial charge is 0.352 e. The zero-order valence-corrected chi connectivity index (χ0v) is 14.6. The van der Waals surface area contributed by atoms with Gasteiger partial charge in [0.1, 0.15) is 0 Å². The molecule has 0 amide bonds. The van der Waals surface area contributed by atoms with E-state index in [0.717, 1.165) is 19.3 Å². The van der Waals surface area contributed by atoms with Gasteiger partial charge in [0.15, 0.2) is 5.79 Å². The third-order valence-corrected chi connectivity index (χ3v) is 4.43. The standard InChI is InChI=1S/C17H37NO2/c1-7-8-9-10-11-12-13-17(18,14-15(2)3)16(4,19-5)20-6/h15H,7-14,18H2,1-6H3. The summed E-state index contributed by atoms with van der Waals surface area (Å²) in [5, 5.41) is 0. The Balaban J connectivity index is 4.48. The van der Waals surface area contributed by atoms with E-state index in [1.54, 1.807) is 14.2 Å². The van der Waals surface area contributed by atoms with Crippen molar-refractivity contribution in [3.63, 3.8) is 0 Å². The summed E-state index contributed by atoms with van der Waals surface area (Å²) < 4.78 is 11.2. The maximum atomic E-state index is 6.69. The van der Waals surface area contributed by atoms with E-state index < -0.39 is 11.3 Å². The molecule has 3 nitrogen and oxygen atoms in total. The fourth-order valence-electron chi connectivity index (χ4n) is 2.95. The van der Waals surface area contributed by atoms with E-state index in [9.17, 15) is 0 Å². The van der Waals surface area contributed by atoms with Crippen molar-refractivity contribution < 1.29 is 9.47 Å². The summed E-state index contributed by atoms with van der Waals surface area (Å²) in [5.41, 5.74) is 6.27. The van der Waals surface area contributed by atoms with Crippen LogP contribution < -0.4 is 5.73 Å². The van der Waals surface area contributed by atoms with Crippen LogP contribution in [0.15, 0.2) is 0 Å². The molecule has 20 heavy (non-hydrogen) atoms. The summed E-state index contributed by atoms with van der Waals surface area (Å²) in [6.45, 7) is 8.62. The number of unbranched alkanes of at least 4 members (excludes halogenated alkanes) is 5. The second-order valence-corrected chi connectivity index (χ2v) is 6.63. The van der Waals surface area contributed by atoms with Crippen molar-refractivity contribution in [1.82, 2.24) is 0 Å². The minimum Gasteiger partial charge on any atom is -0.352 e. The minimum absolute atomic E-state index is 0.421. The lowest BCUT2D eigenvalue weighted by molar-refractivity contribution is -0.240. The fraction of sp³-hybridized carbons (Fsp3) is 1.00. The van der Waals surface area contributed by atoms with Crippen LogP contribution in [0.4, 0.5) is 0 Å². The molecule has 0 aromatic rings. The molecular formula is C17H37NO2. The average Bonchev–Trinajstić information content (AvgIpc) is 2.40. The quantitative estimate of drug-likeness (QED) is 0.425. The van der Waals surface area contributed by atoms with Gasteiger partial charge in [0.25, 0.3) is 0 Å². The second-order valence-electron chi connectivity index (χ2n) is 6.63. The first-order valence-electron chi connectivity index (χ1n) is 8.24. The van der Waals surface area contributed by atoms with Gasteiger partial charge in [-0.25, -0.2) is 0 Å². The minimum atomic E-state index is -0.708. The highest BCUT2D eigenvalue weighted by molar-refractivity contribution is 4.97. The van der Waals surface area contributed by atoms with E-state index in [1.807, 2.05) is 6.92 Å². The molecule has 122 valence electrons. The van der Waals surface area contributed by atoms with E-state index in [-0.39, 0.29) is 0 Å². The van der Waals surface area contributed by atoms with Crippen LogP contribution in [-0.4, -0.2) is 25.5 Å². The molecule has 0 spiro atoms. The third kappa shape index (κ3) is 6.11. The van der Waals surface area contributed by atoms with Crippen LogP contribution in [0, 0.1) is 5.92 Å². The summed E-state index contributed by atoms with van der Waals surface area (Å²) in [6.07, 6.45) is 9.55. The third-order valence-electron chi connectivity index (χ3n) is 4.43. The fourth-order valence-corrected chi connectivity index (χ4v) is 2.95. The molecule has 0 radical (unpaired) electrons. The van der Waals surface area contributed by atoms with E-state index in [0.29, 0.717) is 5.92 Å². The molecule has 0 fully saturated rings. The number of hydrogen-bond donors (Lipinski definition) is 1. The van der Waals surface area contributed by atoms with Gasteiger partial charge in [0.05, 0.1) is 5.54 Å². The Kier molecular flexibility index (Phi) is 9.69. The Labute approximate surface area is 126 Å². The molecule has 0 rings (SSSR count). The molecule has 1 atom stereocenters. The van der Waals surface area contributed by atoms with Crippen molar-refractivity contribution in [3.05, 3.63) is 0 Å². The molecule has 0 saturated carbocycles. The van der Waals surface area contributed by atoms with Gasteiger partial charge in [-0.2, -0.15) is 0 Å². The Morgan fingerprint density at radius 2 is 1.45 bits per heavy atom. The summed E-state index contributed by atoms with van der Waals surface area (Å²) in [7, 11) is 3.37. The Hall–Kier alpha value is -0.120. The lowest BCUT2D eigenvalue weighted by Crippen LogP contribution is -2.61. The van der Waals surface area contributed by atoms with Crippen molar-refractivity contribution in [2.24, 2.45) is 11.7 Å². The number of rotatable bonds is 12. The molecule has 0 bridgehead atoms. The van der Waals surface area contributed by atoms with E-state index >= 15 is 0 Å². The summed E-state index contributed by atoms with van der Waals surface area (Å²) in [4.78, 5) is 0. The number of nitrogens with two attached hydrogens (primary N) is 1. The first-order valence-corrected chi connectivity index (χ1v) is 8.24. The summed E-state index contributed by atoms with van der Waals surface area (Å²) in [6, 6.07) is 0. The molecule has 0 aliphatic rings. The van der Waals surface area contributed by atoms with Gasteiger partial charge in [0.2, 0.25) is 0 Å². The monoisotopic (exact) mass is 287 g/mol. The van der Waals surface area contributed by atoms with Crippen LogP contribution >= 0.6 is 0 Å². The first kappa shape index (κ1) is 19.9. The van der Waals surface area contributed by atoms with Crippen LogP contribution in [0.25, 0.3) is 0 Å². The summed E-state index contributed by atoms with van der Waals surface area (Å²) >= 11 is 0. The van der Waals surface area contributed by atoms with Gasteiger partial charge in [-0.1, -0.05) is 59.3 Å². The predicted octanol–water partition coefficient (Wildman–Crippen LogP) is 4.49. The molecule has 2 N–H and O–H groups in total. The van der Waals surface area contributed by atoms with Crippen LogP contribution in [0.2, 0.25) is 0 Å². The van der Waals surface area contributed by atoms with E-state index in [1.165, 1.54) is 32.1 Å². The molecule has 0 saturated heterocycles. The number of hydrogen-bond acceptors (Lipinski definition) is 3. The molecule has 0 aliphatic carbocycles. The number of ether oxygens (including phenoxy) is 2. The summed E-state index contributed by atoms with van der Waals surface area (Å²) in [5.74, 6) is -0.176. The molecule has 0 aliphatic heterocycles. The van der Waals surface area contributed by atoms with Crippen molar-refractivity contribution in [3.8, 4) is 0 Å². The average molecular weight is 287 g/mol. The van der Waals surface area contributed by atoms with Crippen molar-refractivity contribution in [2.45, 2.75) is 90.4 Å². The maximum Gasteiger partial charge on any atom is 0.182 e. The van der Waals surface area contributed by atoms with Crippen molar-refractivity contribution in [2.75, 3.05) is 14.2 Å². The maximum absolute atomic E-state index is 6.69. The van der Waals surface area contributed by atoms with Gasteiger partial charge in [-0.05, 0) is 25.7 Å². The van der Waals surface area contributed by atoms with Gasteiger partial charge in [-0.15, -0.1) is 0 Å². The predicted molar refractivity (Wildman–Crippen MR) is 86.8 cm³/mol. The molecule has 3 heteroatoms. The molecular weight excluding hydrogens is 250 g/mol. The van der Waals surface area contributed by atoms with E-state index in [2.05, 4.69) is 20.8 Å². The highest BCUT2D eigenvalue weighted by Gasteiger charge is 2.46. The molecule has 0 heterocycles. The Bertz CT molecular complexity index is 239. The lowest BCUT2D eigenvalue weighted by atomic mass is 9.78. The van der Waals surface area contributed by atoms with Crippen molar-refractivity contribution in [1.29, 1.82) is 0 Å². The topological polar surface area (TPSA) is 44.5 Å². The molecule has 1 unspecified atom stereocenters. The smallest absolute Gasteiger partial charge is 0.182 e. The van der Waals surface area contributed by atoms with Gasteiger partial charge >= 0.3 is 0 Å². The Morgan fingerprint density at radius 3 is 1.90 bits per heavy atom. The highest BCUT2D eigenvalue weighted by atomic mass is 16.7. The van der Waals surface area contributed by atoms with Gasteiger partial charge in [0, 0.05) is 14.2 Å². The number of methoxy groups -OCH3 is 2. The molecule has 0 aromatic heterocycles. The molecule has 0 aromatic carbocycles. The zero-order valence-electron chi connectivity index (χ0n) is 14.6. The van der Waals surface area contributed by atoms with Gasteiger partial charge in [-0.3, -0.25) is 0 Å². The van der Waals surface area contributed by atoms with Crippen LogP contribution in [0.1, 0.15) is 79.1 Å². The van der Waals surface area contributed by atoms with E-state index in [4.69, 9.17) is 15.2 Å². The Morgan fingerprint density at radius 1 is 0.950 bits per heavy atom. The van der Waals surface area contributed by atoms with Crippen LogP contribution in [0.5, 0.6) is 0 Å².